The zero-order valence-corrected chi connectivity index (χ0v) is 11.3. The van der Waals surface area contributed by atoms with Crippen molar-refractivity contribution < 1.29 is 24.9 Å². The van der Waals surface area contributed by atoms with Crippen LogP contribution in [0.1, 0.15) is 13.3 Å². The van der Waals surface area contributed by atoms with Crippen LogP contribution in [0.2, 0.25) is 0 Å². The van der Waals surface area contributed by atoms with E-state index in [-0.39, 0.29) is 17.9 Å². The van der Waals surface area contributed by atoms with E-state index in [1.165, 1.54) is 6.07 Å². The molecule has 0 amide bonds. The summed E-state index contributed by atoms with van der Waals surface area (Å²) in [6, 6.07) is 6.78. The lowest BCUT2D eigenvalue weighted by atomic mass is 10.0. The third kappa shape index (κ3) is 2.16. The van der Waals surface area contributed by atoms with Gasteiger partial charge in [0.1, 0.15) is 23.4 Å². The molecule has 0 bridgehead atoms. The van der Waals surface area contributed by atoms with E-state index < -0.39 is 12.1 Å². The normalized spacial score (nSPS) is 17.0. The van der Waals surface area contributed by atoms with E-state index in [1.54, 1.807) is 25.1 Å². The number of fused-ring (bicyclic) bond motifs is 2. The lowest BCUT2D eigenvalue weighted by molar-refractivity contribution is -0.138. The predicted octanol–water partition coefficient (Wildman–Crippen LogP) is 1.03. The molecule has 0 aromatic heterocycles. The average molecular weight is 286 g/mol. The predicted molar refractivity (Wildman–Crippen MR) is 77.2 cm³/mol. The molecule has 0 saturated heterocycles. The van der Waals surface area contributed by atoms with Crippen molar-refractivity contribution >= 4 is 28.6 Å². The smallest absolute Gasteiger partial charge is 0.307 e. The van der Waals surface area contributed by atoms with Crippen molar-refractivity contribution in [3.8, 4) is 11.5 Å². The molecule has 5 nitrogen and oxygen atoms in total. The number of aliphatic carboxylic acids is 1. The molecule has 3 N–H and O–H groups in total. The fourth-order valence-electron chi connectivity index (χ4n) is 2.73. The van der Waals surface area contributed by atoms with Crippen LogP contribution in [0.4, 0.5) is 0 Å². The quantitative estimate of drug-likeness (QED) is 0.767. The van der Waals surface area contributed by atoms with Crippen LogP contribution in [-0.4, -0.2) is 27.4 Å². The Morgan fingerprint density at radius 3 is 2.81 bits per heavy atom. The summed E-state index contributed by atoms with van der Waals surface area (Å²) in [4.78, 5) is 10.8. The van der Waals surface area contributed by atoms with E-state index in [9.17, 15) is 15.0 Å². The fraction of sp³-hybridized carbons (Fsp3) is 0.188. The van der Waals surface area contributed by atoms with E-state index in [4.69, 9.17) is 9.84 Å². The highest BCUT2D eigenvalue weighted by Crippen LogP contribution is 2.29. The van der Waals surface area contributed by atoms with Crippen molar-refractivity contribution in [1.29, 1.82) is 0 Å². The highest BCUT2D eigenvalue weighted by atomic mass is 16.5. The maximum atomic E-state index is 10.8. The number of ether oxygens (including phenoxy) is 1. The standard InChI is InChI=1S/C16H14O5/c1-8-14-10(6-11(21-8)7-13(18)19)5-9-3-2-4-12(17)15(9)16(14)20/h2-6,11,17,20H,7H2,1H3,(H,18,19)/t11-/m0/s1. The highest BCUT2D eigenvalue weighted by Gasteiger charge is 2.19. The van der Waals surface area contributed by atoms with E-state index >= 15 is 0 Å². The second kappa shape index (κ2) is 4.70. The van der Waals surface area contributed by atoms with Crippen LogP contribution >= 0.6 is 0 Å². The molecule has 0 saturated carbocycles. The minimum atomic E-state index is -0.949. The molecule has 0 spiro atoms. The third-order valence-electron chi connectivity index (χ3n) is 3.57. The molecule has 3 rings (SSSR count). The Kier molecular flexibility index (Phi) is 2.97. The zero-order valence-electron chi connectivity index (χ0n) is 11.3. The van der Waals surface area contributed by atoms with Gasteiger partial charge < -0.3 is 20.1 Å². The van der Waals surface area contributed by atoms with Gasteiger partial charge in [0.25, 0.3) is 0 Å². The number of hydrogen-bond donors (Lipinski definition) is 3. The SMILES string of the molecule is CC1=c2c(O)c3c(O)cccc3cc2=C[C@@H](CC(=O)O)O1. The minimum absolute atomic E-state index is 0.00624. The molecule has 0 fully saturated rings. The number of aromatic hydroxyl groups is 2. The summed E-state index contributed by atoms with van der Waals surface area (Å²) in [5.74, 6) is -0.562. The molecule has 1 aliphatic rings. The van der Waals surface area contributed by atoms with Gasteiger partial charge in [-0.05, 0) is 35.7 Å². The summed E-state index contributed by atoms with van der Waals surface area (Å²) in [5, 5.41) is 31.5. The largest absolute Gasteiger partial charge is 0.507 e. The first kappa shape index (κ1) is 13.3. The van der Waals surface area contributed by atoms with Gasteiger partial charge in [0.15, 0.2) is 0 Å². The van der Waals surface area contributed by atoms with Crippen LogP contribution in [0.15, 0.2) is 24.3 Å². The summed E-state index contributed by atoms with van der Waals surface area (Å²) in [7, 11) is 0. The van der Waals surface area contributed by atoms with Crippen LogP contribution < -0.4 is 10.4 Å². The maximum absolute atomic E-state index is 10.8. The van der Waals surface area contributed by atoms with Gasteiger partial charge in [0.05, 0.1) is 17.0 Å². The lowest BCUT2D eigenvalue weighted by Gasteiger charge is -2.19. The van der Waals surface area contributed by atoms with E-state index in [0.29, 0.717) is 27.0 Å². The van der Waals surface area contributed by atoms with Gasteiger partial charge >= 0.3 is 5.97 Å². The number of carboxylic acid groups (broad SMARTS) is 1. The van der Waals surface area contributed by atoms with Gasteiger partial charge in [0.2, 0.25) is 0 Å². The molecule has 5 heteroatoms. The zero-order chi connectivity index (χ0) is 15.1. The molecule has 1 atom stereocenters. The van der Waals surface area contributed by atoms with Crippen LogP contribution in [0.25, 0.3) is 22.6 Å². The number of benzene rings is 2. The van der Waals surface area contributed by atoms with Crippen molar-refractivity contribution in [2.24, 2.45) is 0 Å². The second-order valence-electron chi connectivity index (χ2n) is 5.04. The van der Waals surface area contributed by atoms with Crippen molar-refractivity contribution in [3.63, 3.8) is 0 Å². The van der Waals surface area contributed by atoms with Crippen molar-refractivity contribution in [1.82, 2.24) is 0 Å². The summed E-state index contributed by atoms with van der Waals surface area (Å²) >= 11 is 0. The number of rotatable bonds is 2. The van der Waals surface area contributed by atoms with Crippen LogP contribution in [0, 0.1) is 0 Å². The third-order valence-corrected chi connectivity index (χ3v) is 3.57. The minimum Gasteiger partial charge on any atom is -0.507 e. The first-order chi connectivity index (χ1) is 9.97. The average Bonchev–Trinajstić information content (AvgIpc) is 2.36. The Hall–Kier alpha value is -2.69. The molecule has 0 aliphatic carbocycles. The van der Waals surface area contributed by atoms with Crippen molar-refractivity contribution in [3.05, 3.63) is 34.7 Å². The van der Waals surface area contributed by atoms with Gasteiger partial charge in [-0.25, -0.2) is 0 Å². The molecular weight excluding hydrogens is 272 g/mol. The number of phenols is 2. The monoisotopic (exact) mass is 286 g/mol. The molecule has 2 aromatic carbocycles. The topological polar surface area (TPSA) is 87.0 Å². The Bertz CT molecular complexity index is 866. The van der Waals surface area contributed by atoms with Gasteiger partial charge in [-0.1, -0.05) is 12.1 Å². The lowest BCUT2D eigenvalue weighted by Crippen LogP contribution is -2.35. The van der Waals surface area contributed by atoms with Gasteiger partial charge in [-0.3, -0.25) is 4.79 Å². The Morgan fingerprint density at radius 2 is 2.10 bits per heavy atom. The van der Waals surface area contributed by atoms with Crippen LogP contribution in [0.3, 0.4) is 0 Å². The first-order valence-corrected chi connectivity index (χ1v) is 6.52. The Labute approximate surface area is 120 Å². The molecule has 108 valence electrons. The van der Waals surface area contributed by atoms with E-state index in [0.717, 1.165) is 0 Å². The Morgan fingerprint density at radius 1 is 1.33 bits per heavy atom. The molecule has 1 aliphatic heterocycles. The maximum Gasteiger partial charge on any atom is 0.307 e. The van der Waals surface area contributed by atoms with Gasteiger partial charge in [-0.2, -0.15) is 0 Å². The number of hydrogen-bond acceptors (Lipinski definition) is 4. The van der Waals surface area contributed by atoms with Gasteiger partial charge in [-0.15, -0.1) is 0 Å². The van der Waals surface area contributed by atoms with Crippen molar-refractivity contribution in [2.45, 2.75) is 19.4 Å². The Balaban J connectivity index is 2.34. The summed E-state index contributed by atoms with van der Waals surface area (Å²) in [5.41, 5.74) is 0. The summed E-state index contributed by atoms with van der Waals surface area (Å²) in [6.45, 7) is 1.67. The van der Waals surface area contributed by atoms with Gasteiger partial charge in [0, 0.05) is 0 Å². The molecule has 2 aromatic rings. The highest BCUT2D eigenvalue weighted by molar-refractivity contribution is 5.94. The fourth-order valence-corrected chi connectivity index (χ4v) is 2.73. The van der Waals surface area contributed by atoms with Crippen LogP contribution in [-0.2, 0) is 9.53 Å². The molecule has 0 radical (unpaired) electrons. The first-order valence-electron chi connectivity index (χ1n) is 6.52. The number of carboxylic acids is 1. The number of phenolic OH excluding ortho intramolecular Hbond substituents is 2. The molecule has 21 heavy (non-hydrogen) atoms. The summed E-state index contributed by atoms with van der Waals surface area (Å²) < 4.78 is 5.53. The summed E-state index contributed by atoms with van der Waals surface area (Å²) in [6.07, 6.45) is 0.971. The van der Waals surface area contributed by atoms with Crippen LogP contribution in [0.5, 0.6) is 11.5 Å². The second-order valence-corrected chi connectivity index (χ2v) is 5.04. The van der Waals surface area contributed by atoms with E-state index in [2.05, 4.69) is 0 Å². The molecule has 0 unspecified atom stereocenters. The van der Waals surface area contributed by atoms with Crippen molar-refractivity contribution in [2.75, 3.05) is 0 Å². The molecular formula is C16H14O5. The number of carbonyl (C=O) groups is 1. The molecule has 1 heterocycles. The van der Waals surface area contributed by atoms with E-state index in [1.807, 2.05) is 6.07 Å².